The molecule has 4 aromatic rings. The zero-order chi connectivity index (χ0) is 52.3. The summed E-state index contributed by atoms with van der Waals surface area (Å²) >= 11 is 1.45. The van der Waals surface area contributed by atoms with Gasteiger partial charge in [0.1, 0.15) is 35.5 Å². The third-order valence-corrected chi connectivity index (χ3v) is 13.9. The van der Waals surface area contributed by atoms with Crippen LogP contribution in [0.3, 0.4) is 0 Å². The lowest BCUT2D eigenvalue weighted by molar-refractivity contribution is -0.142. The molecule has 2 aliphatic rings. The minimum Gasteiger partial charge on any atom is -0.491 e. The topological polar surface area (TPSA) is 181 Å². The Morgan fingerprint density at radius 1 is 0.486 bits per heavy atom. The molecule has 0 saturated heterocycles. The van der Waals surface area contributed by atoms with Crippen molar-refractivity contribution >= 4 is 63.3 Å². The number of ether oxygens (including phenoxy) is 9. The van der Waals surface area contributed by atoms with E-state index < -0.39 is 17.9 Å². The molecule has 0 radical (unpaired) electrons. The molecule has 2 aliphatic carbocycles. The molecule has 0 atom stereocenters. The first kappa shape index (κ1) is 57.2. The number of hydrogen-bond donors (Lipinski definition) is 0. The molecular weight excluding hydrogens is 967 g/mol. The van der Waals surface area contributed by atoms with Crippen LogP contribution in [0.1, 0.15) is 103 Å². The molecule has 1 heterocycles. The van der Waals surface area contributed by atoms with Crippen molar-refractivity contribution in [1.29, 1.82) is 0 Å². The van der Waals surface area contributed by atoms with Crippen molar-refractivity contribution in [2.24, 2.45) is 11.8 Å². The monoisotopic (exact) mass is 1040 g/mol. The molecule has 0 amide bonds. The molecule has 0 spiro atoms. The highest BCUT2D eigenvalue weighted by Gasteiger charge is 2.30. The number of hydrogen-bond acceptors (Lipinski definition) is 16. The quantitative estimate of drug-likeness (QED) is 0.0112. The first-order valence-corrected chi connectivity index (χ1v) is 26.8. The number of pyridine rings is 1. The minimum atomic E-state index is -0.497. The molecular formula is C58H71NO14S. The summed E-state index contributed by atoms with van der Waals surface area (Å²) in [5.41, 5.74) is 0.648. The van der Waals surface area contributed by atoms with E-state index in [-0.39, 0.29) is 49.2 Å². The zero-order valence-electron chi connectivity index (χ0n) is 42.5. The van der Waals surface area contributed by atoms with Crippen LogP contribution in [0, 0.1) is 11.8 Å². The molecule has 15 nitrogen and oxygen atoms in total. The van der Waals surface area contributed by atoms with E-state index in [1.807, 2.05) is 48.5 Å². The number of unbranched alkanes of at least 4 members (excludes halogenated alkanes) is 6. The molecule has 0 N–H and O–H groups in total. The highest BCUT2D eigenvalue weighted by atomic mass is 32.2. The van der Waals surface area contributed by atoms with Crippen molar-refractivity contribution < 1.29 is 66.6 Å². The van der Waals surface area contributed by atoms with Crippen molar-refractivity contribution in [1.82, 2.24) is 4.98 Å². The largest absolute Gasteiger partial charge is 0.491 e. The van der Waals surface area contributed by atoms with Crippen LogP contribution in [0.25, 0.3) is 21.7 Å². The van der Waals surface area contributed by atoms with Gasteiger partial charge in [0.05, 0.1) is 56.0 Å². The SMILES string of the molecule is C=CC(=O)OCCCCCCOC1CCC(C(=O)Oc2ccc3c(c2)nc(Sc2ccc(OCCOCCOC(=O)C=C)cc2)c2cc(OC(=O)C4CCC(OCCCCCCOC(=O)C=C)CC4)ccc23)CC1. The van der Waals surface area contributed by atoms with Crippen LogP contribution in [0.4, 0.5) is 0 Å². The molecule has 1 aromatic heterocycles. The van der Waals surface area contributed by atoms with Gasteiger partial charge in [-0.25, -0.2) is 19.4 Å². The Kier molecular flexibility index (Phi) is 24.4. The standard InChI is InChI=1S/C58H71NO14S/c1-4-53(60)69-33-13-9-7-11-31-66-43-19-15-41(16-20-43)57(63)72-46-25-29-49-50-30-26-47(73-58(64)42-17-21-44(22-18-42)67-32-12-8-10-14-34-70-54(61)5-2)40-52(50)59-56(51(49)39-46)74-48-27-23-45(24-28-48)68-37-35-65-36-38-71-55(62)6-3/h4-6,23-30,39-44H,1-3,7-22,31-38H2. The first-order valence-electron chi connectivity index (χ1n) is 26.0. The van der Waals surface area contributed by atoms with E-state index in [4.69, 9.17) is 47.6 Å². The van der Waals surface area contributed by atoms with Crippen LogP contribution in [0.15, 0.2) is 109 Å². The number of fused-ring (bicyclic) bond motifs is 3. The Morgan fingerprint density at radius 3 is 1.47 bits per heavy atom. The predicted octanol–water partition coefficient (Wildman–Crippen LogP) is 11.2. The molecule has 6 rings (SSSR count). The fourth-order valence-corrected chi connectivity index (χ4v) is 9.76. The molecule has 0 bridgehead atoms. The van der Waals surface area contributed by atoms with Crippen molar-refractivity contribution in [2.75, 3.05) is 52.9 Å². The van der Waals surface area contributed by atoms with Crippen LogP contribution in [0.5, 0.6) is 17.2 Å². The average Bonchev–Trinajstić information content (AvgIpc) is 3.42. The maximum atomic E-state index is 13.6. The zero-order valence-corrected chi connectivity index (χ0v) is 43.3. The van der Waals surface area contributed by atoms with Gasteiger partial charge >= 0.3 is 29.8 Å². The summed E-state index contributed by atoms with van der Waals surface area (Å²) in [7, 11) is 0. The van der Waals surface area contributed by atoms with Gasteiger partial charge in [0.15, 0.2) is 0 Å². The fraction of sp³-hybridized carbons (Fsp3) is 0.483. The predicted molar refractivity (Wildman–Crippen MR) is 281 cm³/mol. The number of rotatable bonds is 32. The Bertz CT molecular complexity index is 2480. The van der Waals surface area contributed by atoms with Gasteiger partial charge in [-0.1, -0.05) is 44.3 Å². The lowest BCUT2D eigenvalue weighted by atomic mass is 9.87. The lowest BCUT2D eigenvalue weighted by Crippen LogP contribution is -2.29. The van der Waals surface area contributed by atoms with Gasteiger partial charge in [-0.2, -0.15) is 0 Å². The number of aromatic nitrogens is 1. The van der Waals surface area contributed by atoms with Crippen LogP contribution in [0.2, 0.25) is 0 Å². The van der Waals surface area contributed by atoms with Crippen LogP contribution >= 0.6 is 11.8 Å². The van der Waals surface area contributed by atoms with Crippen molar-refractivity contribution in [2.45, 2.75) is 125 Å². The van der Waals surface area contributed by atoms with Gasteiger partial charge < -0.3 is 42.6 Å². The van der Waals surface area contributed by atoms with Gasteiger partial charge in [-0.15, -0.1) is 0 Å². The maximum Gasteiger partial charge on any atom is 0.330 e. The summed E-state index contributed by atoms with van der Waals surface area (Å²) in [6, 6.07) is 18.8. The van der Waals surface area contributed by atoms with Crippen molar-refractivity contribution in [3.8, 4) is 17.2 Å². The van der Waals surface area contributed by atoms with Crippen molar-refractivity contribution in [3.63, 3.8) is 0 Å². The second-order valence-corrected chi connectivity index (χ2v) is 19.4. The second-order valence-electron chi connectivity index (χ2n) is 18.3. The first-order chi connectivity index (χ1) is 36.1. The Hall–Kier alpha value is -6.07. The molecule has 74 heavy (non-hydrogen) atoms. The van der Waals surface area contributed by atoms with E-state index >= 15 is 0 Å². The summed E-state index contributed by atoms with van der Waals surface area (Å²) in [5, 5.41) is 3.23. The van der Waals surface area contributed by atoms with Crippen LogP contribution in [-0.4, -0.2) is 99.9 Å². The maximum absolute atomic E-state index is 13.6. The molecule has 0 aliphatic heterocycles. The highest BCUT2D eigenvalue weighted by molar-refractivity contribution is 7.99. The number of esters is 5. The van der Waals surface area contributed by atoms with Gasteiger partial charge in [0, 0.05) is 53.2 Å². The smallest absolute Gasteiger partial charge is 0.330 e. The van der Waals surface area contributed by atoms with Gasteiger partial charge in [-0.3, -0.25) is 9.59 Å². The van der Waals surface area contributed by atoms with Crippen LogP contribution < -0.4 is 14.2 Å². The van der Waals surface area contributed by atoms with Gasteiger partial charge in [0.2, 0.25) is 0 Å². The number of benzene rings is 3. The summed E-state index contributed by atoms with van der Waals surface area (Å²) in [4.78, 5) is 66.7. The van der Waals surface area contributed by atoms with E-state index in [9.17, 15) is 24.0 Å². The third-order valence-electron chi connectivity index (χ3n) is 12.9. The Morgan fingerprint density at radius 2 is 0.946 bits per heavy atom. The third kappa shape index (κ3) is 19.3. The fourth-order valence-electron chi connectivity index (χ4n) is 8.85. The summed E-state index contributed by atoms with van der Waals surface area (Å²) in [6.45, 7) is 13.3. The normalized spacial score (nSPS) is 17.5. The molecule has 2 saturated carbocycles. The van der Waals surface area contributed by atoms with Gasteiger partial charge in [-0.05, 0) is 150 Å². The molecule has 3 aromatic carbocycles. The van der Waals surface area contributed by atoms with E-state index in [0.29, 0.717) is 93.1 Å². The summed E-state index contributed by atoms with van der Waals surface area (Å²) in [5.74, 6) is -0.779. The number of carbonyl (C=O) groups is 5. The van der Waals surface area contributed by atoms with Crippen LogP contribution in [-0.2, 0) is 52.4 Å². The highest BCUT2D eigenvalue weighted by Crippen LogP contribution is 2.39. The Labute approximate surface area is 438 Å². The average molecular weight is 1040 g/mol. The number of nitrogens with zero attached hydrogens (tertiary/aromatic N) is 1. The molecule has 398 valence electrons. The molecule has 16 heteroatoms. The Balaban J connectivity index is 1.05. The summed E-state index contributed by atoms with van der Waals surface area (Å²) in [6.07, 6.45) is 16.9. The molecule has 2 fully saturated rings. The summed E-state index contributed by atoms with van der Waals surface area (Å²) < 4.78 is 50.7. The molecule has 0 unspecified atom stereocenters. The van der Waals surface area contributed by atoms with Gasteiger partial charge in [0.25, 0.3) is 0 Å². The van der Waals surface area contributed by atoms with E-state index in [1.54, 1.807) is 12.1 Å². The van der Waals surface area contributed by atoms with Crippen molar-refractivity contribution in [3.05, 3.63) is 98.6 Å². The minimum absolute atomic E-state index is 0.112. The van der Waals surface area contributed by atoms with E-state index in [2.05, 4.69) is 19.7 Å². The van der Waals surface area contributed by atoms with E-state index in [0.717, 1.165) is 104 Å². The number of carbonyl (C=O) groups excluding carboxylic acids is 5. The second kappa shape index (κ2) is 31.6. The van der Waals surface area contributed by atoms with E-state index in [1.165, 1.54) is 23.9 Å². The lowest BCUT2D eigenvalue weighted by Gasteiger charge is -2.27.